The molecule has 0 aliphatic rings. The number of carbonyl (C=O) groups excluding carboxylic acids is 1. The molecule has 0 radical (unpaired) electrons. The van der Waals surface area contributed by atoms with Crippen LogP contribution in [0.2, 0.25) is 5.02 Å². The van der Waals surface area contributed by atoms with Gasteiger partial charge in [0.2, 0.25) is 15.2 Å². The van der Waals surface area contributed by atoms with Crippen molar-refractivity contribution in [3.8, 4) is 0 Å². The molecule has 2 aromatic carbocycles. The van der Waals surface area contributed by atoms with Crippen LogP contribution in [0.3, 0.4) is 0 Å². The summed E-state index contributed by atoms with van der Waals surface area (Å²) in [6.45, 7) is 1.88. The van der Waals surface area contributed by atoms with Gasteiger partial charge in [0.15, 0.2) is 0 Å². The average Bonchev–Trinajstić information content (AvgIpc) is 3.05. The third-order valence-electron chi connectivity index (χ3n) is 3.84. The largest absolute Gasteiger partial charge is 0.296 e. The molecule has 0 aliphatic carbocycles. The van der Waals surface area contributed by atoms with Crippen molar-refractivity contribution in [2.24, 2.45) is 0 Å². The lowest BCUT2D eigenvalue weighted by Gasteiger charge is -2.23. The van der Waals surface area contributed by atoms with Crippen LogP contribution in [-0.4, -0.2) is 30.8 Å². The molecule has 1 aromatic heterocycles. The van der Waals surface area contributed by atoms with Crippen LogP contribution in [0.1, 0.15) is 20.9 Å². The van der Waals surface area contributed by atoms with E-state index in [1.54, 1.807) is 55.5 Å². The Morgan fingerprint density at radius 2 is 1.82 bits per heavy atom. The zero-order valence-corrected chi connectivity index (χ0v) is 17.5. The summed E-state index contributed by atoms with van der Waals surface area (Å²) in [7, 11) is -3.55. The zero-order valence-electron chi connectivity index (χ0n) is 15.1. The van der Waals surface area contributed by atoms with Gasteiger partial charge >= 0.3 is 0 Å². The Morgan fingerprint density at radius 1 is 1.14 bits per heavy atom. The first-order valence-electron chi connectivity index (χ1n) is 8.16. The van der Waals surface area contributed by atoms with Crippen molar-refractivity contribution in [1.82, 2.24) is 10.2 Å². The van der Waals surface area contributed by atoms with Crippen LogP contribution in [0, 0.1) is 6.92 Å². The molecule has 10 heteroatoms. The van der Waals surface area contributed by atoms with E-state index < -0.39 is 10.0 Å². The minimum atomic E-state index is -3.55. The summed E-state index contributed by atoms with van der Waals surface area (Å²) in [6.07, 6.45) is 1.13. The van der Waals surface area contributed by atoms with Crippen LogP contribution in [0.25, 0.3) is 0 Å². The first kappa shape index (κ1) is 20.2. The van der Waals surface area contributed by atoms with E-state index in [1.165, 1.54) is 15.6 Å². The number of benzene rings is 2. The first-order chi connectivity index (χ1) is 13.2. The van der Waals surface area contributed by atoms with Gasteiger partial charge < -0.3 is 0 Å². The van der Waals surface area contributed by atoms with E-state index in [0.29, 0.717) is 27.0 Å². The Balaban J connectivity index is 1.82. The third-order valence-corrected chi connectivity index (χ3v) is 6.10. The van der Waals surface area contributed by atoms with E-state index in [9.17, 15) is 13.2 Å². The quantitative estimate of drug-likeness (QED) is 0.635. The molecule has 0 spiro atoms. The molecule has 0 fully saturated rings. The van der Waals surface area contributed by atoms with E-state index in [2.05, 4.69) is 15.5 Å². The number of hydrogen-bond acceptors (Lipinski definition) is 6. The maximum atomic E-state index is 12.3. The monoisotopic (exact) mass is 436 g/mol. The van der Waals surface area contributed by atoms with Gasteiger partial charge in [-0.1, -0.05) is 41.1 Å². The molecule has 0 aliphatic heterocycles. The van der Waals surface area contributed by atoms with Gasteiger partial charge in [0, 0.05) is 10.6 Å². The summed E-state index contributed by atoms with van der Waals surface area (Å²) < 4.78 is 25.8. The van der Waals surface area contributed by atoms with E-state index in [4.69, 9.17) is 11.6 Å². The number of nitrogens with zero attached hydrogens (tertiary/aromatic N) is 3. The van der Waals surface area contributed by atoms with Crippen LogP contribution in [0.5, 0.6) is 0 Å². The van der Waals surface area contributed by atoms with Gasteiger partial charge in [0.05, 0.1) is 18.5 Å². The fourth-order valence-electron chi connectivity index (χ4n) is 2.48. The molecule has 0 atom stereocenters. The summed E-state index contributed by atoms with van der Waals surface area (Å²) in [5.74, 6) is -0.347. The van der Waals surface area contributed by atoms with Crippen LogP contribution in [-0.2, 0) is 16.6 Å². The Kier molecular flexibility index (Phi) is 5.97. The van der Waals surface area contributed by atoms with E-state index in [0.717, 1.165) is 11.3 Å². The number of aryl methyl sites for hydroxylation is 1. The number of aromatic nitrogens is 2. The predicted molar refractivity (Wildman–Crippen MR) is 112 cm³/mol. The van der Waals surface area contributed by atoms with Crippen LogP contribution in [0.15, 0.2) is 48.5 Å². The lowest BCUT2D eigenvalue weighted by molar-refractivity contribution is 0.102. The van der Waals surface area contributed by atoms with Gasteiger partial charge in [-0.25, -0.2) is 8.42 Å². The van der Waals surface area contributed by atoms with Gasteiger partial charge in [0.1, 0.15) is 5.01 Å². The minimum Gasteiger partial charge on any atom is -0.296 e. The topological polar surface area (TPSA) is 92.3 Å². The van der Waals surface area contributed by atoms with Crippen molar-refractivity contribution in [2.45, 2.75) is 13.5 Å². The van der Waals surface area contributed by atoms with Crippen molar-refractivity contribution in [2.75, 3.05) is 15.9 Å². The van der Waals surface area contributed by atoms with Gasteiger partial charge in [-0.2, -0.15) is 0 Å². The standard InChI is InChI=1S/C18H17ClN4O3S2/c1-12-21-22-18(27-12)20-17(24)13-7-9-15(10-8-13)23(28(2,25)26)11-14-5-3-4-6-16(14)19/h3-10H,11H2,1-2H3,(H,20,22,24). The number of halogens is 1. The van der Waals surface area contributed by atoms with Gasteiger partial charge in [-0.3, -0.25) is 14.4 Å². The van der Waals surface area contributed by atoms with Crippen LogP contribution in [0.4, 0.5) is 10.8 Å². The van der Waals surface area contributed by atoms with Crippen molar-refractivity contribution in [3.63, 3.8) is 0 Å². The molecular formula is C18H17ClN4O3S2. The Hall–Kier alpha value is -2.49. The molecule has 0 saturated heterocycles. The number of rotatable bonds is 6. The van der Waals surface area contributed by atoms with Gasteiger partial charge in [-0.15, -0.1) is 10.2 Å². The predicted octanol–water partition coefficient (Wildman–Crippen LogP) is 3.72. The summed E-state index contributed by atoms with van der Waals surface area (Å²) >= 11 is 7.44. The molecule has 7 nitrogen and oxygen atoms in total. The summed E-state index contributed by atoms with van der Waals surface area (Å²) in [4.78, 5) is 12.3. The Morgan fingerprint density at radius 3 is 2.39 bits per heavy atom. The highest BCUT2D eigenvalue weighted by atomic mass is 35.5. The second kappa shape index (κ2) is 8.26. The molecular weight excluding hydrogens is 420 g/mol. The van der Waals surface area contributed by atoms with Crippen molar-refractivity contribution < 1.29 is 13.2 Å². The molecule has 1 amide bonds. The maximum Gasteiger partial charge on any atom is 0.257 e. The van der Waals surface area contributed by atoms with Crippen molar-refractivity contribution in [3.05, 3.63) is 69.7 Å². The molecule has 0 unspecified atom stereocenters. The van der Waals surface area contributed by atoms with Gasteiger partial charge in [0.25, 0.3) is 5.91 Å². The SMILES string of the molecule is Cc1nnc(NC(=O)c2ccc(N(Cc3ccccc3Cl)S(C)(=O)=O)cc2)s1. The second-order valence-electron chi connectivity index (χ2n) is 5.99. The van der Waals surface area contributed by atoms with E-state index in [-0.39, 0.29) is 12.5 Å². The maximum absolute atomic E-state index is 12.3. The molecule has 28 heavy (non-hydrogen) atoms. The summed E-state index contributed by atoms with van der Waals surface area (Å²) in [5, 5.41) is 12.0. The molecule has 146 valence electrons. The highest BCUT2D eigenvalue weighted by Gasteiger charge is 2.19. The molecule has 0 saturated carbocycles. The fraction of sp³-hybridized carbons (Fsp3) is 0.167. The average molecular weight is 437 g/mol. The Labute approximate surface area is 172 Å². The number of anilines is 2. The minimum absolute atomic E-state index is 0.0914. The molecule has 3 rings (SSSR count). The summed E-state index contributed by atoms with van der Waals surface area (Å²) in [6, 6.07) is 13.3. The van der Waals surface area contributed by atoms with E-state index >= 15 is 0 Å². The number of carbonyl (C=O) groups is 1. The molecule has 1 heterocycles. The Bertz CT molecular complexity index is 1100. The number of sulfonamides is 1. The lowest BCUT2D eigenvalue weighted by Crippen LogP contribution is -2.29. The highest BCUT2D eigenvalue weighted by molar-refractivity contribution is 7.92. The summed E-state index contributed by atoms with van der Waals surface area (Å²) in [5.41, 5.74) is 1.50. The molecule has 3 aromatic rings. The van der Waals surface area contributed by atoms with Crippen molar-refractivity contribution in [1.29, 1.82) is 0 Å². The fourth-order valence-corrected chi connectivity index (χ4v) is 4.14. The number of nitrogens with one attached hydrogen (secondary N) is 1. The molecule has 0 bridgehead atoms. The van der Waals surface area contributed by atoms with Crippen LogP contribution < -0.4 is 9.62 Å². The zero-order chi connectivity index (χ0) is 20.3. The smallest absolute Gasteiger partial charge is 0.257 e. The van der Waals surface area contributed by atoms with E-state index in [1.807, 2.05) is 0 Å². The van der Waals surface area contributed by atoms with Crippen molar-refractivity contribution >= 4 is 49.7 Å². The molecule has 1 N–H and O–H groups in total. The first-order valence-corrected chi connectivity index (χ1v) is 11.2. The third kappa shape index (κ3) is 4.86. The second-order valence-corrected chi connectivity index (χ2v) is 9.48. The normalized spacial score (nSPS) is 11.2. The number of amides is 1. The highest BCUT2D eigenvalue weighted by Crippen LogP contribution is 2.25. The number of hydrogen-bond donors (Lipinski definition) is 1. The lowest BCUT2D eigenvalue weighted by atomic mass is 10.2. The van der Waals surface area contributed by atoms with Crippen LogP contribution >= 0.6 is 22.9 Å². The van der Waals surface area contributed by atoms with Gasteiger partial charge in [-0.05, 0) is 42.8 Å².